The van der Waals surface area contributed by atoms with Crippen molar-refractivity contribution in [2.75, 3.05) is 24.6 Å². The summed E-state index contributed by atoms with van der Waals surface area (Å²) >= 11 is 7.57. The van der Waals surface area contributed by atoms with E-state index >= 15 is 0 Å². The van der Waals surface area contributed by atoms with E-state index in [4.69, 9.17) is 15.5 Å². The fourth-order valence-corrected chi connectivity index (χ4v) is 10.9. The van der Waals surface area contributed by atoms with Gasteiger partial charge in [-0.1, -0.05) is 0 Å². The number of carbonyl (C=O) groups excluding carboxylic acids is 6. The second-order valence-corrected chi connectivity index (χ2v) is 19.2. The molecule has 0 aliphatic rings. The Bertz CT molecular complexity index is 1580. The number of nitrogens with zero attached hydrogens (tertiary/aromatic N) is 1. The van der Waals surface area contributed by atoms with Crippen LogP contribution in [-0.2, 0) is 49.0 Å². The average molecular weight is 992 g/mol. The molecule has 2 rings (SSSR count). The molecule has 0 aromatic carbocycles. The molecule has 4 unspecified atom stereocenters. The van der Waals surface area contributed by atoms with Crippen molar-refractivity contribution < 1.29 is 70.2 Å². The minimum atomic E-state index is -1.36. The monoisotopic (exact) mass is 993 g/mol. The number of amides is 4. The predicted molar refractivity (Wildman–Crippen MR) is 206 cm³/mol. The number of nitriles is 1. The van der Waals surface area contributed by atoms with E-state index in [1.807, 2.05) is 29.0 Å². The van der Waals surface area contributed by atoms with E-state index in [0.29, 0.717) is 5.75 Å². The van der Waals surface area contributed by atoms with Crippen LogP contribution in [0.15, 0.2) is 35.0 Å². The fourth-order valence-electron chi connectivity index (χ4n) is 3.44. The van der Waals surface area contributed by atoms with Gasteiger partial charge in [0.1, 0.15) is 18.6 Å². The van der Waals surface area contributed by atoms with Crippen LogP contribution in [-0.4, -0.2) is 135 Å². The molecule has 0 aliphatic heterocycles. The molecule has 0 saturated carbocycles. The summed E-state index contributed by atoms with van der Waals surface area (Å²) < 4.78 is 0. The Morgan fingerprint density at radius 3 is 1.64 bits per heavy atom. The fraction of sp³-hybridized carbons (Fsp3) is 0.452. The summed E-state index contributed by atoms with van der Waals surface area (Å²) in [7, 11) is 1.52. The van der Waals surface area contributed by atoms with Gasteiger partial charge in [-0.3, -0.25) is 14.4 Å². The molecule has 2 aromatic heterocycles. The van der Waals surface area contributed by atoms with Gasteiger partial charge >= 0.3 is 240 Å². The number of carboxylic acid groups (broad SMARTS) is 4. The maximum atomic E-state index is 12.1. The second kappa shape index (κ2) is 31.4. The van der Waals surface area contributed by atoms with Crippen LogP contribution < -0.4 is 42.9 Å². The van der Waals surface area contributed by atoms with Gasteiger partial charge in [-0.25, -0.2) is 0 Å². The summed E-state index contributed by atoms with van der Waals surface area (Å²) in [6.45, 7) is -1.10. The Balaban J connectivity index is 0.000000908. The molecule has 2 heterocycles. The van der Waals surface area contributed by atoms with Crippen molar-refractivity contribution in [1.82, 2.24) is 21.3 Å². The molecule has 4 amide bonds. The topological polar surface area (TPSA) is 350 Å². The van der Waals surface area contributed by atoms with E-state index in [1.54, 1.807) is 22.7 Å². The molecule has 2 aromatic rings. The second-order valence-electron chi connectivity index (χ2n) is 10.8. The number of quaternary nitrogens is 2. The summed E-state index contributed by atoms with van der Waals surface area (Å²) in [4.78, 5) is 93.8. The molecule has 0 bridgehead atoms. The number of rotatable bonds is 24. The molecule has 19 nitrogen and oxygen atoms in total. The van der Waals surface area contributed by atoms with Gasteiger partial charge in [-0.2, -0.15) is 12.6 Å². The van der Waals surface area contributed by atoms with Crippen LogP contribution in [0.5, 0.6) is 0 Å². The quantitative estimate of drug-likeness (QED) is 0.0270. The zero-order chi connectivity index (χ0) is 42.5. The van der Waals surface area contributed by atoms with E-state index in [1.165, 1.54) is 19.9 Å². The number of nitrogens with one attached hydrogen (secondary N) is 4. The first-order valence-electron chi connectivity index (χ1n) is 16.1. The summed E-state index contributed by atoms with van der Waals surface area (Å²) in [6.07, 6.45) is -0.286. The summed E-state index contributed by atoms with van der Waals surface area (Å²) in [5.74, 6) is -7.13. The average Bonchev–Trinajstić information content (AvgIpc) is 3.89. The first-order valence-corrected chi connectivity index (χ1v) is 24.7. The molecule has 0 saturated heterocycles. The Labute approximate surface area is 351 Å². The van der Waals surface area contributed by atoms with Gasteiger partial charge in [0.25, 0.3) is 0 Å². The van der Waals surface area contributed by atoms with Crippen molar-refractivity contribution in [3.63, 3.8) is 0 Å². The number of thiol groups is 1. The zero-order valence-electron chi connectivity index (χ0n) is 29.7. The van der Waals surface area contributed by atoms with Gasteiger partial charge in [0.2, 0.25) is 11.8 Å². The normalized spacial score (nSPS) is 12.2. The van der Waals surface area contributed by atoms with E-state index < -0.39 is 84.8 Å². The Morgan fingerprint density at radius 2 is 1.25 bits per heavy atom. The predicted octanol–water partition coefficient (Wildman–Crippen LogP) is -5.40. The molecule has 25 heteroatoms. The van der Waals surface area contributed by atoms with Crippen molar-refractivity contribution in [2.45, 2.75) is 60.5 Å². The third-order valence-electron chi connectivity index (χ3n) is 6.38. The molecular formula is C31H43N7O12S4Se2. The van der Waals surface area contributed by atoms with E-state index in [-0.39, 0.29) is 60.2 Å². The molecule has 4 atom stereocenters. The van der Waals surface area contributed by atoms with Crippen LogP contribution in [0.3, 0.4) is 0 Å². The number of carboxylic acids is 4. The maximum absolute atomic E-state index is 12.1. The van der Waals surface area contributed by atoms with Gasteiger partial charge in [-0.15, -0.1) is 0 Å². The molecule has 0 fully saturated rings. The molecule has 310 valence electrons. The number of hydrogen-bond acceptors (Lipinski definition) is 15. The molecule has 12 N–H and O–H groups in total. The van der Waals surface area contributed by atoms with Crippen LogP contribution >= 0.6 is 45.5 Å². The first kappa shape index (κ1) is 52.3. The van der Waals surface area contributed by atoms with Gasteiger partial charge in [0.05, 0.1) is 5.97 Å². The van der Waals surface area contributed by atoms with E-state index in [9.17, 15) is 48.6 Å². The summed E-state index contributed by atoms with van der Waals surface area (Å²) in [6, 6.07) is 4.17. The van der Waals surface area contributed by atoms with Crippen molar-refractivity contribution in [3.05, 3.63) is 44.8 Å². The van der Waals surface area contributed by atoms with Gasteiger partial charge in [0, 0.05) is 18.6 Å². The third-order valence-corrected chi connectivity index (χ3v) is 14.6. The van der Waals surface area contributed by atoms with Gasteiger partial charge in [-0.05, 0) is 0 Å². The minimum absolute atomic E-state index is 0.00686. The van der Waals surface area contributed by atoms with Crippen LogP contribution in [0.25, 0.3) is 0 Å². The first-order chi connectivity index (χ1) is 26.5. The third kappa shape index (κ3) is 27.0. The summed E-state index contributed by atoms with van der Waals surface area (Å²) in [5, 5.41) is 61.5. The Hall–Kier alpha value is -3.69. The number of hydrogen-bond donors (Lipinski definition) is 9. The molecule has 0 aliphatic carbocycles. The van der Waals surface area contributed by atoms with Crippen molar-refractivity contribution in [3.8, 4) is 4.97 Å². The Kier molecular flexibility index (Phi) is 29.3. The molecule has 56 heavy (non-hydrogen) atoms. The molecule has 0 radical (unpaired) electrons. The van der Waals surface area contributed by atoms with Crippen molar-refractivity contribution in [1.29, 1.82) is 5.26 Å². The van der Waals surface area contributed by atoms with Crippen LogP contribution in [0.1, 0.15) is 35.4 Å². The Morgan fingerprint density at radius 1 is 0.804 bits per heavy atom. The van der Waals surface area contributed by atoms with Gasteiger partial charge < -0.3 is 31.4 Å². The van der Waals surface area contributed by atoms with Crippen LogP contribution in [0, 0.1) is 10.2 Å². The number of thiophene rings is 2. The molecular weight excluding hydrogens is 949 g/mol. The summed E-state index contributed by atoms with van der Waals surface area (Å²) in [5.41, 5.74) is 6.66. The van der Waals surface area contributed by atoms with E-state index in [2.05, 4.69) is 56.4 Å². The SMILES string of the molecule is N#C[Se]Cc1cccs1.[NH3+]C(CCC(=O)NC(CS)C(=O)NCC(=O)O)C(=O)[O-].[NH3+]C(CCC(=O)NC(CS[Se]Cc1cccs1)C(=O)NCC(=O)O)C(=O)[O-]. The molecule has 0 spiro atoms. The number of aliphatic carboxylic acids is 4. The van der Waals surface area contributed by atoms with Crippen molar-refractivity contribution in [2.24, 2.45) is 0 Å². The zero-order valence-corrected chi connectivity index (χ0v) is 36.4. The van der Waals surface area contributed by atoms with Crippen LogP contribution in [0.2, 0.25) is 0 Å². The van der Waals surface area contributed by atoms with Gasteiger partial charge in [0.15, 0.2) is 0 Å². The van der Waals surface area contributed by atoms with E-state index in [0.717, 1.165) is 10.6 Å². The van der Waals surface area contributed by atoms with Crippen LogP contribution in [0.4, 0.5) is 0 Å². The number of carbonyl (C=O) groups is 8. The standard InChI is InChI=1S/C15H21N3O6S2Se.C10H17N3O6S.C6H5NSSe/c16-10(15(23)24)3-4-12(19)18-11(14(22)17-6-13(20)21)7-26-27-8-9-2-1-5-25-9;11-5(10(18)19)1-2-7(14)13-6(4-20)9(17)12-3-8(15)16;7-5-9-4-6-2-1-3-8-6/h1-2,5,10-11H,3-4,6-8,16H2,(H,17,22)(H,18,19)(H,20,21)(H,23,24);5-6,20H,1-4,11H2,(H,12,17)(H,13,14)(H,15,16)(H,18,19);1-3H,4H2. The van der Waals surface area contributed by atoms with Crippen molar-refractivity contribution >= 4 is 122 Å².